The summed E-state index contributed by atoms with van der Waals surface area (Å²) in [6.07, 6.45) is 2.21. The third-order valence-corrected chi connectivity index (χ3v) is 3.01. The van der Waals surface area contributed by atoms with Crippen LogP contribution in [-0.2, 0) is 20.1 Å². The number of ether oxygens (including phenoxy) is 1. The maximum atomic E-state index is 11.1. The number of nitrogens with zero attached hydrogens (tertiary/aromatic N) is 2. The minimum atomic E-state index is -0.990. The topological polar surface area (TPSA) is 64.3 Å². The van der Waals surface area contributed by atoms with E-state index in [1.165, 1.54) is 10.9 Å². The molecule has 0 aliphatic carbocycles. The lowest BCUT2D eigenvalue weighted by molar-refractivity contribution is 0.0693. The zero-order valence-electron chi connectivity index (χ0n) is 11.0. The van der Waals surface area contributed by atoms with Gasteiger partial charge >= 0.3 is 5.97 Å². The van der Waals surface area contributed by atoms with E-state index in [0.29, 0.717) is 5.69 Å². The van der Waals surface area contributed by atoms with Crippen molar-refractivity contribution in [1.82, 2.24) is 9.78 Å². The van der Waals surface area contributed by atoms with Gasteiger partial charge in [-0.2, -0.15) is 5.10 Å². The van der Waals surface area contributed by atoms with Crippen molar-refractivity contribution in [3.8, 4) is 5.75 Å². The third-order valence-electron chi connectivity index (χ3n) is 3.01. The van der Waals surface area contributed by atoms with E-state index in [1.54, 1.807) is 7.05 Å². The second-order valence-electron chi connectivity index (χ2n) is 4.18. The summed E-state index contributed by atoms with van der Waals surface area (Å²) >= 11 is 0. The first-order chi connectivity index (χ1) is 9.13. The van der Waals surface area contributed by atoms with Crippen LogP contribution in [0.2, 0.25) is 0 Å². The van der Waals surface area contributed by atoms with Crippen molar-refractivity contribution in [1.29, 1.82) is 0 Å². The highest BCUT2D eigenvalue weighted by molar-refractivity contribution is 5.88. The van der Waals surface area contributed by atoms with Crippen molar-refractivity contribution in [2.75, 3.05) is 0 Å². The van der Waals surface area contributed by atoms with E-state index in [4.69, 9.17) is 9.84 Å². The Hall–Kier alpha value is -2.30. The zero-order valence-corrected chi connectivity index (χ0v) is 11.0. The van der Waals surface area contributed by atoms with Gasteiger partial charge in [0.1, 0.15) is 17.9 Å². The van der Waals surface area contributed by atoms with E-state index in [9.17, 15) is 4.79 Å². The monoisotopic (exact) mass is 260 g/mol. The second-order valence-corrected chi connectivity index (χ2v) is 4.18. The summed E-state index contributed by atoms with van der Waals surface area (Å²) in [7, 11) is 1.71. The number of aryl methyl sites for hydroxylation is 2. The average molecular weight is 260 g/mol. The van der Waals surface area contributed by atoms with Crippen molar-refractivity contribution in [2.45, 2.75) is 20.0 Å². The maximum Gasteiger partial charge on any atom is 0.339 e. The Bertz CT molecular complexity index is 590. The number of hydrogen-bond acceptors (Lipinski definition) is 3. The number of aromatic carboxylic acids is 1. The predicted molar refractivity (Wildman–Crippen MR) is 70.3 cm³/mol. The van der Waals surface area contributed by atoms with Gasteiger partial charge in [0, 0.05) is 7.05 Å². The number of aromatic nitrogens is 2. The molecule has 0 unspecified atom stereocenters. The van der Waals surface area contributed by atoms with Gasteiger partial charge in [0.05, 0.1) is 11.9 Å². The molecule has 0 bridgehead atoms. The highest BCUT2D eigenvalue weighted by Crippen LogP contribution is 2.20. The van der Waals surface area contributed by atoms with Crippen molar-refractivity contribution >= 4 is 5.97 Å². The first-order valence-corrected chi connectivity index (χ1v) is 6.08. The van der Waals surface area contributed by atoms with Gasteiger partial charge < -0.3 is 9.84 Å². The smallest absolute Gasteiger partial charge is 0.339 e. The number of carboxylic acid groups (broad SMARTS) is 1. The Morgan fingerprint density at radius 1 is 1.42 bits per heavy atom. The van der Waals surface area contributed by atoms with Gasteiger partial charge in [-0.15, -0.1) is 0 Å². The van der Waals surface area contributed by atoms with Crippen LogP contribution in [0.5, 0.6) is 5.75 Å². The lowest BCUT2D eigenvalue weighted by Gasteiger charge is -2.11. The SMILES string of the molecule is CCc1ccccc1OCc1c(C(=O)O)cnn1C. The molecule has 2 rings (SSSR count). The summed E-state index contributed by atoms with van der Waals surface area (Å²) in [4.78, 5) is 11.1. The maximum absolute atomic E-state index is 11.1. The lowest BCUT2D eigenvalue weighted by atomic mass is 10.1. The summed E-state index contributed by atoms with van der Waals surface area (Å²) in [6.45, 7) is 2.24. The van der Waals surface area contributed by atoms with Gasteiger partial charge in [-0.3, -0.25) is 4.68 Å². The predicted octanol–water partition coefficient (Wildman–Crippen LogP) is 2.26. The average Bonchev–Trinajstić information content (AvgIpc) is 2.78. The molecule has 0 radical (unpaired) electrons. The number of rotatable bonds is 5. The molecule has 0 saturated heterocycles. The highest BCUT2D eigenvalue weighted by Gasteiger charge is 2.15. The molecule has 5 nitrogen and oxygen atoms in total. The fourth-order valence-corrected chi connectivity index (χ4v) is 1.90. The van der Waals surface area contributed by atoms with Crippen molar-refractivity contribution in [3.05, 3.63) is 47.3 Å². The Labute approximate surface area is 111 Å². The number of hydrogen-bond donors (Lipinski definition) is 1. The van der Waals surface area contributed by atoms with Gasteiger partial charge in [-0.1, -0.05) is 25.1 Å². The molecule has 100 valence electrons. The van der Waals surface area contributed by atoms with E-state index < -0.39 is 5.97 Å². The van der Waals surface area contributed by atoms with E-state index in [2.05, 4.69) is 12.0 Å². The molecule has 0 atom stereocenters. The van der Waals surface area contributed by atoms with Crippen LogP contribution in [0, 0.1) is 0 Å². The normalized spacial score (nSPS) is 10.4. The number of carboxylic acids is 1. The minimum Gasteiger partial charge on any atom is -0.487 e. The second kappa shape index (κ2) is 5.56. The standard InChI is InChI=1S/C14H16N2O3/c1-3-10-6-4-5-7-13(10)19-9-12-11(14(17)18)8-15-16(12)2/h4-8H,3,9H2,1-2H3,(H,17,18). The molecular weight excluding hydrogens is 244 g/mol. The molecule has 0 amide bonds. The first-order valence-electron chi connectivity index (χ1n) is 6.08. The molecule has 0 aliphatic heterocycles. The van der Waals surface area contributed by atoms with E-state index in [-0.39, 0.29) is 12.2 Å². The summed E-state index contributed by atoms with van der Waals surface area (Å²) in [5.41, 5.74) is 1.83. The molecule has 1 aromatic heterocycles. The number of benzene rings is 1. The molecule has 5 heteroatoms. The summed E-state index contributed by atoms with van der Waals surface area (Å²) < 4.78 is 7.25. The van der Waals surface area contributed by atoms with Crippen LogP contribution in [0.15, 0.2) is 30.5 Å². The van der Waals surface area contributed by atoms with Gasteiger partial charge in [0.25, 0.3) is 0 Å². The Morgan fingerprint density at radius 2 is 2.16 bits per heavy atom. The number of para-hydroxylation sites is 1. The number of carbonyl (C=O) groups is 1. The molecule has 0 spiro atoms. The Balaban J connectivity index is 2.19. The van der Waals surface area contributed by atoms with Gasteiger partial charge in [-0.25, -0.2) is 4.79 Å². The van der Waals surface area contributed by atoms with Crippen LogP contribution >= 0.6 is 0 Å². The molecule has 0 saturated carbocycles. The van der Waals surface area contributed by atoms with Crippen LogP contribution in [0.3, 0.4) is 0 Å². The Morgan fingerprint density at radius 3 is 2.84 bits per heavy atom. The van der Waals surface area contributed by atoms with Gasteiger partial charge in [-0.05, 0) is 18.1 Å². The highest BCUT2D eigenvalue weighted by atomic mass is 16.5. The zero-order chi connectivity index (χ0) is 13.8. The van der Waals surface area contributed by atoms with Gasteiger partial charge in [0.2, 0.25) is 0 Å². The lowest BCUT2D eigenvalue weighted by Crippen LogP contribution is -2.09. The van der Waals surface area contributed by atoms with E-state index in [1.807, 2.05) is 24.3 Å². The minimum absolute atomic E-state index is 0.177. The molecule has 1 heterocycles. The van der Waals surface area contributed by atoms with Crippen LogP contribution < -0.4 is 4.74 Å². The molecular formula is C14H16N2O3. The molecule has 2 aromatic rings. The van der Waals surface area contributed by atoms with Crippen LogP contribution in [0.25, 0.3) is 0 Å². The van der Waals surface area contributed by atoms with Crippen LogP contribution in [0.4, 0.5) is 0 Å². The molecule has 1 N–H and O–H groups in total. The van der Waals surface area contributed by atoms with Crippen molar-refractivity contribution in [3.63, 3.8) is 0 Å². The fourth-order valence-electron chi connectivity index (χ4n) is 1.90. The molecule has 1 aromatic carbocycles. The summed E-state index contributed by atoms with van der Waals surface area (Å²) in [6, 6.07) is 7.74. The Kier molecular flexibility index (Phi) is 3.85. The summed E-state index contributed by atoms with van der Waals surface area (Å²) in [5, 5.41) is 13.0. The summed E-state index contributed by atoms with van der Waals surface area (Å²) in [5.74, 6) is -0.210. The van der Waals surface area contributed by atoms with Crippen LogP contribution in [-0.4, -0.2) is 20.9 Å². The molecule has 0 fully saturated rings. The molecule has 19 heavy (non-hydrogen) atoms. The van der Waals surface area contributed by atoms with E-state index in [0.717, 1.165) is 17.7 Å². The van der Waals surface area contributed by atoms with E-state index >= 15 is 0 Å². The third kappa shape index (κ3) is 2.76. The van der Waals surface area contributed by atoms with Gasteiger partial charge in [0.15, 0.2) is 0 Å². The van der Waals surface area contributed by atoms with Crippen LogP contribution in [0.1, 0.15) is 28.5 Å². The quantitative estimate of drug-likeness (QED) is 0.895. The fraction of sp³-hybridized carbons (Fsp3) is 0.286. The van der Waals surface area contributed by atoms with Crippen molar-refractivity contribution in [2.24, 2.45) is 7.05 Å². The molecule has 0 aliphatic rings. The largest absolute Gasteiger partial charge is 0.487 e. The van der Waals surface area contributed by atoms with Crippen molar-refractivity contribution < 1.29 is 14.6 Å². The first kappa shape index (κ1) is 13.1.